The number of aromatic amines is 1. The number of carbonyl (C=O) groups excluding carboxylic acids is 1. The molecule has 1 saturated carbocycles. The van der Waals surface area contributed by atoms with E-state index in [9.17, 15) is 9.59 Å². The van der Waals surface area contributed by atoms with Crippen LogP contribution in [0.5, 0.6) is 0 Å². The molecule has 1 fully saturated rings. The van der Waals surface area contributed by atoms with E-state index in [4.69, 9.17) is 0 Å². The van der Waals surface area contributed by atoms with E-state index in [0.29, 0.717) is 5.92 Å². The van der Waals surface area contributed by atoms with Crippen molar-refractivity contribution in [2.24, 2.45) is 5.92 Å². The summed E-state index contributed by atoms with van der Waals surface area (Å²) in [5, 5.41) is 2.96. The van der Waals surface area contributed by atoms with Crippen LogP contribution < -0.4 is 10.9 Å². The third-order valence-corrected chi connectivity index (χ3v) is 3.34. The Hall–Kier alpha value is -1.65. The highest BCUT2D eigenvalue weighted by Gasteiger charge is 2.23. The van der Waals surface area contributed by atoms with Crippen molar-refractivity contribution in [1.29, 1.82) is 0 Å². The van der Waals surface area contributed by atoms with Crippen LogP contribution in [0.2, 0.25) is 0 Å². The summed E-state index contributed by atoms with van der Waals surface area (Å²) in [6.45, 7) is 2.15. The molecular formula is C12H17N3O2. The van der Waals surface area contributed by atoms with Gasteiger partial charge in [0.25, 0.3) is 11.5 Å². The number of H-pyrrole nitrogens is 1. The molecule has 1 aromatic rings. The van der Waals surface area contributed by atoms with E-state index in [1.807, 2.05) is 0 Å². The summed E-state index contributed by atoms with van der Waals surface area (Å²) < 4.78 is 0. The first-order valence-corrected chi connectivity index (χ1v) is 6.02. The second kappa shape index (κ2) is 5.12. The number of hydrogen-bond acceptors (Lipinski definition) is 3. The van der Waals surface area contributed by atoms with Crippen molar-refractivity contribution in [3.8, 4) is 0 Å². The van der Waals surface area contributed by atoms with Gasteiger partial charge in [-0.1, -0.05) is 19.8 Å². The number of amides is 1. The first-order chi connectivity index (χ1) is 8.16. The van der Waals surface area contributed by atoms with Crippen molar-refractivity contribution in [2.45, 2.75) is 38.6 Å². The number of aromatic nitrogens is 2. The van der Waals surface area contributed by atoms with E-state index >= 15 is 0 Å². The molecule has 5 heteroatoms. The molecule has 2 unspecified atom stereocenters. The molecule has 0 bridgehead atoms. The topological polar surface area (TPSA) is 74.8 Å². The number of rotatable bonds is 2. The summed E-state index contributed by atoms with van der Waals surface area (Å²) >= 11 is 0. The summed E-state index contributed by atoms with van der Waals surface area (Å²) in [6, 6.07) is 1.43. The van der Waals surface area contributed by atoms with Gasteiger partial charge in [0.15, 0.2) is 0 Å². The minimum absolute atomic E-state index is 0.187. The fraction of sp³-hybridized carbons (Fsp3) is 0.583. The Morgan fingerprint density at radius 3 is 2.94 bits per heavy atom. The van der Waals surface area contributed by atoms with Crippen LogP contribution in [0.15, 0.2) is 17.2 Å². The van der Waals surface area contributed by atoms with Gasteiger partial charge in [-0.05, 0) is 18.8 Å². The molecule has 2 atom stereocenters. The van der Waals surface area contributed by atoms with Crippen LogP contribution in [-0.2, 0) is 0 Å². The Labute approximate surface area is 99.7 Å². The SMILES string of the molecule is CC1CCCCC1NC(=O)c1cc(=O)[nH]cn1. The molecule has 92 valence electrons. The summed E-state index contributed by atoms with van der Waals surface area (Å²) in [7, 11) is 0. The molecule has 1 aliphatic carbocycles. The molecule has 0 radical (unpaired) electrons. The third-order valence-electron chi connectivity index (χ3n) is 3.34. The van der Waals surface area contributed by atoms with Gasteiger partial charge in [-0.25, -0.2) is 4.98 Å². The highest BCUT2D eigenvalue weighted by Crippen LogP contribution is 2.23. The van der Waals surface area contributed by atoms with Crippen molar-refractivity contribution in [1.82, 2.24) is 15.3 Å². The second-order valence-corrected chi connectivity index (χ2v) is 4.64. The van der Waals surface area contributed by atoms with Crippen molar-refractivity contribution >= 4 is 5.91 Å². The molecule has 17 heavy (non-hydrogen) atoms. The van der Waals surface area contributed by atoms with Crippen LogP contribution in [0.3, 0.4) is 0 Å². The Kier molecular flexibility index (Phi) is 3.56. The molecule has 1 aromatic heterocycles. The van der Waals surface area contributed by atoms with Gasteiger partial charge in [-0.3, -0.25) is 9.59 Å². The van der Waals surface area contributed by atoms with Gasteiger partial charge in [-0.2, -0.15) is 0 Å². The lowest BCUT2D eigenvalue weighted by Crippen LogP contribution is -2.41. The van der Waals surface area contributed by atoms with Crippen LogP contribution in [0.25, 0.3) is 0 Å². The molecule has 1 aliphatic rings. The molecule has 0 aliphatic heterocycles. The first-order valence-electron chi connectivity index (χ1n) is 6.02. The highest BCUT2D eigenvalue weighted by molar-refractivity contribution is 5.92. The number of nitrogens with zero attached hydrogens (tertiary/aromatic N) is 1. The lowest BCUT2D eigenvalue weighted by molar-refractivity contribution is 0.0905. The molecule has 1 heterocycles. The monoisotopic (exact) mass is 235 g/mol. The van der Waals surface area contributed by atoms with Crippen LogP contribution in [0.4, 0.5) is 0 Å². The summed E-state index contributed by atoms with van der Waals surface area (Å²) in [5.74, 6) is 0.240. The summed E-state index contributed by atoms with van der Waals surface area (Å²) in [5.41, 5.74) is -0.117. The van der Waals surface area contributed by atoms with Crippen molar-refractivity contribution < 1.29 is 4.79 Å². The zero-order valence-corrected chi connectivity index (χ0v) is 9.90. The van der Waals surface area contributed by atoms with Gasteiger partial charge in [0, 0.05) is 12.1 Å². The molecule has 2 rings (SSSR count). The molecule has 0 spiro atoms. The maximum absolute atomic E-state index is 11.9. The summed E-state index contributed by atoms with van der Waals surface area (Å²) in [4.78, 5) is 29.2. The highest BCUT2D eigenvalue weighted by atomic mass is 16.2. The van der Waals surface area contributed by atoms with Gasteiger partial charge < -0.3 is 10.3 Å². The lowest BCUT2D eigenvalue weighted by Gasteiger charge is -2.29. The zero-order chi connectivity index (χ0) is 12.3. The van der Waals surface area contributed by atoms with Crippen LogP contribution in [-0.4, -0.2) is 21.9 Å². The predicted octanol–water partition coefficient (Wildman–Crippen LogP) is 1.08. The van der Waals surface area contributed by atoms with E-state index < -0.39 is 0 Å². The van der Waals surface area contributed by atoms with Crippen molar-refractivity contribution in [2.75, 3.05) is 0 Å². The van der Waals surface area contributed by atoms with Crippen molar-refractivity contribution in [3.63, 3.8) is 0 Å². The maximum Gasteiger partial charge on any atom is 0.270 e. The lowest BCUT2D eigenvalue weighted by atomic mass is 9.86. The smallest absolute Gasteiger partial charge is 0.270 e. The van der Waals surface area contributed by atoms with Crippen LogP contribution in [0.1, 0.15) is 43.1 Å². The minimum Gasteiger partial charge on any atom is -0.348 e. The first kappa shape index (κ1) is 11.8. The van der Waals surface area contributed by atoms with E-state index in [2.05, 4.69) is 22.2 Å². The predicted molar refractivity (Wildman–Crippen MR) is 63.7 cm³/mol. The zero-order valence-electron chi connectivity index (χ0n) is 9.90. The van der Waals surface area contributed by atoms with Crippen LogP contribution >= 0.6 is 0 Å². The maximum atomic E-state index is 11.9. The molecule has 5 nitrogen and oxygen atoms in total. The molecule has 2 N–H and O–H groups in total. The standard InChI is InChI=1S/C12H17N3O2/c1-8-4-2-3-5-9(8)15-12(17)10-6-11(16)14-7-13-10/h6-9H,2-5H2,1H3,(H,15,17)(H,13,14,16). The van der Waals surface area contributed by atoms with E-state index in [1.165, 1.54) is 18.8 Å². The Morgan fingerprint density at radius 1 is 1.47 bits per heavy atom. The number of carbonyl (C=O) groups is 1. The van der Waals surface area contributed by atoms with Gasteiger partial charge in [-0.15, -0.1) is 0 Å². The van der Waals surface area contributed by atoms with Crippen LogP contribution in [0, 0.1) is 5.92 Å². The molecule has 0 aromatic carbocycles. The van der Waals surface area contributed by atoms with Gasteiger partial charge in [0.05, 0.1) is 6.33 Å². The Balaban J connectivity index is 2.03. The summed E-state index contributed by atoms with van der Waals surface area (Å²) in [6.07, 6.45) is 5.79. The fourth-order valence-corrected chi connectivity index (χ4v) is 2.27. The second-order valence-electron chi connectivity index (χ2n) is 4.64. The number of hydrogen-bond donors (Lipinski definition) is 2. The van der Waals surface area contributed by atoms with Gasteiger partial charge >= 0.3 is 0 Å². The fourth-order valence-electron chi connectivity index (χ4n) is 2.27. The Bertz CT molecular complexity index is 455. The average molecular weight is 235 g/mol. The number of nitrogens with one attached hydrogen (secondary N) is 2. The third kappa shape index (κ3) is 2.93. The van der Waals surface area contributed by atoms with E-state index in [0.717, 1.165) is 19.3 Å². The van der Waals surface area contributed by atoms with Gasteiger partial charge in [0.2, 0.25) is 0 Å². The largest absolute Gasteiger partial charge is 0.348 e. The van der Waals surface area contributed by atoms with E-state index in [1.54, 1.807) is 0 Å². The van der Waals surface area contributed by atoms with Crippen molar-refractivity contribution in [3.05, 3.63) is 28.4 Å². The average Bonchev–Trinajstić information content (AvgIpc) is 2.32. The minimum atomic E-state index is -0.304. The normalized spacial score (nSPS) is 24.3. The van der Waals surface area contributed by atoms with Gasteiger partial charge in [0.1, 0.15) is 5.69 Å². The van der Waals surface area contributed by atoms with E-state index in [-0.39, 0.29) is 23.2 Å². The molecule has 1 amide bonds. The Morgan fingerprint density at radius 2 is 2.24 bits per heavy atom. The molecular weight excluding hydrogens is 218 g/mol. The quantitative estimate of drug-likeness (QED) is 0.805. The molecule has 0 saturated heterocycles.